The van der Waals surface area contributed by atoms with E-state index in [9.17, 15) is 4.79 Å². The number of carbonyl (C=O) groups excluding carboxylic acids is 1. The monoisotopic (exact) mass is 372 g/mol. The maximum atomic E-state index is 11.9. The maximum absolute atomic E-state index is 11.9. The Hall–Kier alpha value is -2.53. The number of aliphatic imine (C=N–C) groups is 1. The summed E-state index contributed by atoms with van der Waals surface area (Å²) in [4.78, 5) is 18.1. The summed E-state index contributed by atoms with van der Waals surface area (Å²) in [5.74, 6) is 0.718. The molecule has 5 nitrogen and oxygen atoms in total. The fourth-order valence-electron chi connectivity index (χ4n) is 2.34. The molecule has 0 saturated heterocycles. The minimum Gasteiger partial charge on any atom is -0.357 e. The number of carbonyl (C=O) groups is 1. The van der Waals surface area contributed by atoms with Crippen LogP contribution in [0.25, 0.3) is 0 Å². The van der Waals surface area contributed by atoms with E-state index in [1.54, 1.807) is 19.0 Å². The Morgan fingerprint density at radius 2 is 1.77 bits per heavy atom. The van der Waals surface area contributed by atoms with E-state index in [-0.39, 0.29) is 5.91 Å². The van der Waals surface area contributed by atoms with Crippen molar-refractivity contribution in [3.63, 3.8) is 0 Å². The molecule has 0 saturated carbocycles. The van der Waals surface area contributed by atoms with Gasteiger partial charge in [-0.05, 0) is 36.2 Å². The number of hydrogen-bond acceptors (Lipinski definition) is 2. The third-order valence-corrected chi connectivity index (χ3v) is 4.14. The smallest absolute Gasteiger partial charge is 0.253 e. The summed E-state index contributed by atoms with van der Waals surface area (Å²) in [6, 6.07) is 15.3. The lowest BCUT2D eigenvalue weighted by atomic mass is 10.1. The second-order valence-electron chi connectivity index (χ2n) is 6.04. The van der Waals surface area contributed by atoms with E-state index < -0.39 is 0 Å². The first-order valence-corrected chi connectivity index (χ1v) is 8.95. The summed E-state index contributed by atoms with van der Waals surface area (Å²) >= 11 is 6.19. The third kappa shape index (κ3) is 5.77. The van der Waals surface area contributed by atoms with Crippen LogP contribution in [-0.4, -0.2) is 37.4 Å². The molecule has 0 bridgehead atoms. The molecule has 1 amide bonds. The van der Waals surface area contributed by atoms with Crippen LogP contribution in [0.5, 0.6) is 0 Å². The van der Waals surface area contributed by atoms with Crippen molar-refractivity contribution >= 4 is 23.5 Å². The number of nitrogens with zero attached hydrogens (tertiary/aromatic N) is 2. The first kappa shape index (κ1) is 19.8. The van der Waals surface area contributed by atoms with E-state index >= 15 is 0 Å². The van der Waals surface area contributed by atoms with Crippen LogP contribution in [0.2, 0.25) is 5.02 Å². The van der Waals surface area contributed by atoms with Crippen LogP contribution in [0.4, 0.5) is 0 Å². The number of amides is 1. The molecule has 0 aliphatic rings. The van der Waals surface area contributed by atoms with E-state index in [4.69, 9.17) is 11.6 Å². The van der Waals surface area contributed by atoms with Gasteiger partial charge in [-0.2, -0.15) is 0 Å². The van der Waals surface area contributed by atoms with E-state index in [1.165, 1.54) is 0 Å². The van der Waals surface area contributed by atoms with Crippen molar-refractivity contribution in [1.29, 1.82) is 0 Å². The van der Waals surface area contributed by atoms with Crippen molar-refractivity contribution < 1.29 is 4.79 Å². The average Bonchev–Trinajstić information content (AvgIpc) is 2.65. The first-order valence-electron chi connectivity index (χ1n) is 8.57. The molecule has 2 aromatic carbocycles. The second kappa shape index (κ2) is 9.82. The summed E-state index contributed by atoms with van der Waals surface area (Å²) in [6.07, 6.45) is 0. The molecule has 6 heteroatoms. The molecule has 0 heterocycles. The highest BCUT2D eigenvalue weighted by molar-refractivity contribution is 6.31. The molecule has 26 heavy (non-hydrogen) atoms. The molecule has 2 aromatic rings. The van der Waals surface area contributed by atoms with Crippen LogP contribution >= 0.6 is 11.6 Å². The Labute approximate surface area is 160 Å². The van der Waals surface area contributed by atoms with Gasteiger partial charge >= 0.3 is 0 Å². The SMILES string of the molecule is CCNC(=NCc1ccc(C(=O)N(C)C)cc1)NCc1ccccc1Cl. The zero-order valence-corrected chi connectivity index (χ0v) is 16.2. The lowest BCUT2D eigenvalue weighted by Crippen LogP contribution is -2.36. The van der Waals surface area contributed by atoms with Crippen molar-refractivity contribution in [1.82, 2.24) is 15.5 Å². The highest BCUT2D eigenvalue weighted by Gasteiger charge is 2.07. The minimum absolute atomic E-state index is 0.00482. The number of benzene rings is 2. The number of hydrogen-bond donors (Lipinski definition) is 2. The van der Waals surface area contributed by atoms with Crippen LogP contribution in [0.3, 0.4) is 0 Å². The van der Waals surface area contributed by atoms with Gasteiger partial charge in [-0.3, -0.25) is 4.79 Å². The number of nitrogens with one attached hydrogen (secondary N) is 2. The zero-order valence-electron chi connectivity index (χ0n) is 15.4. The molecule has 0 aromatic heterocycles. The summed E-state index contributed by atoms with van der Waals surface area (Å²) in [6.45, 7) is 3.91. The highest BCUT2D eigenvalue weighted by atomic mass is 35.5. The number of rotatable bonds is 6. The molecule has 0 radical (unpaired) electrons. The van der Waals surface area contributed by atoms with Crippen molar-refractivity contribution in [3.05, 3.63) is 70.2 Å². The van der Waals surface area contributed by atoms with Gasteiger partial charge in [0.25, 0.3) is 5.91 Å². The van der Waals surface area contributed by atoms with Crippen molar-refractivity contribution in [2.24, 2.45) is 4.99 Å². The normalized spacial score (nSPS) is 11.2. The molecule has 0 fully saturated rings. The quantitative estimate of drug-likeness (QED) is 0.604. The predicted octanol–water partition coefficient (Wildman–Crippen LogP) is 3.30. The Morgan fingerprint density at radius 1 is 1.08 bits per heavy atom. The molecule has 0 unspecified atom stereocenters. The third-order valence-electron chi connectivity index (χ3n) is 3.78. The summed E-state index contributed by atoms with van der Waals surface area (Å²) in [5, 5.41) is 7.24. The van der Waals surface area contributed by atoms with Crippen LogP contribution in [0, 0.1) is 0 Å². The van der Waals surface area contributed by atoms with Crippen LogP contribution in [-0.2, 0) is 13.1 Å². The van der Waals surface area contributed by atoms with E-state index in [0.717, 1.165) is 28.7 Å². The fraction of sp³-hybridized carbons (Fsp3) is 0.300. The fourth-order valence-corrected chi connectivity index (χ4v) is 2.55. The number of halogens is 1. The average molecular weight is 373 g/mol. The molecule has 2 N–H and O–H groups in total. The van der Waals surface area contributed by atoms with Gasteiger partial charge in [-0.15, -0.1) is 0 Å². The first-order chi connectivity index (χ1) is 12.5. The molecular formula is C20H25ClN4O. The summed E-state index contributed by atoms with van der Waals surface area (Å²) < 4.78 is 0. The summed E-state index contributed by atoms with van der Waals surface area (Å²) in [5.41, 5.74) is 2.73. The highest BCUT2D eigenvalue weighted by Crippen LogP contribution is 2.14. The Balaban J connectivity index is 2.00. The molecule has 0 aliphatic heterocycles. The second-order valence-corrected chi connectivity index (χ2v) is 6.44. The molecule has 2 rings (SSSR count). The molecule has 0 aliphatic carbocycles. The van der Waals surface area contributed by atoms with Gasteiger partial charge in [-0.25, -0.2) is 4.99 Å². The standard InChI is InChI=1S/C20H25ClN4O/c1-4-22-20(24-14-17-7-5-6-8-18(17)21)23-13-15-9-11-16(12-10-15)19(26)25(2)3/h5-12H,4,13-14H2,1-3H3,(H2,22,23,24). The molecule has 138 valence electrons. The molecular weight excluding hydrogens is 348 g/mol. The largest absolute Gasteiger partial charge is 0.357 e. The van der Waals surface area contributed by atoms with Gasteiger partial charge in [0.15, 0.2) is 5.96 Å². The lowest BCUT2D eigenvalue weighted by Gasteiger charge is -2.12. The molecule has 0 atom stereocenters. The molecule has 0 spiro atoms. The van der Waals surface area contributed by atoms with Crippen molar-refractivity contribution in [2.45, 2.75) is 20.0 Å². The zero-order chi connectivity index (χ0) is 18.9. The Kier molecular flexibility index (Phi) is 7.48. The Bertz CT molecular complexity index is 757. The summed E-state index contributed by atoms with van der Waals surface area (Å²) in [7, 11) is 3.49. The topological polar surface area (TPSA) is 56.7 Å². The predicted molar refractivity (Wildman–Crippen MR) is 108 cm³/mol. The van der Waals surface area contributed by atoms with Gasteiger partial charge in [0.1, 0.15) is 0 Å². The van der Waals surface area contributed by atoms with Crippen LogP contribution in [0.1, 0.15) is 28.4 Å². The van der Waals surface area contributed by atoms with Gasteiger partial charge in [0.05, 0.1) is 6.54 Å². The lowest BCUT2D eigenvalue weighted by molar-refractivity contribution is 0.0827. The van der Waals surface area contributed by atoms with Gasteiger partial charge in [0, 0.05) is 37.8 Å². The van der Waals surface area contributed by atoms with Crippen molar-refractivity contribution in [3.8, 4) is 0 Å². The van der Waals surface area contributed by atoms with E-state index in [0.29, 0.717) is 18.7 Å². The van der Waals surface area contributed by atoms with E-state index in [1.807, 2.05) is 55.5 Å². The maximum Gasteiger partial charge on any atom is 0.253 e. The number of guanidine groups is 1. The minimum atomic E-state index is -0.00482. The van der Waals surface area contributed by atoms with Gasteiger partial charge in [0.2, 0.25) is 0 Å². The van der Waals surface area contributed by atoms with Crippen LogP contribution in [0.15, 0.2) is 53.5 Å². The van der Waals surface area contributed by atoms with Crippen molar-refractivity contribution in [2.75, 3.05) is 20.6 Å². The van der Waals surface area contributed by atoms with E-state index in [2.05, 4.69) is 15.6 Å². The Morgan fingerprint density at radius 3 is 2.38 bits per heavy atom. The van der Waals surface area contributed by atoms with Gasteiger partial charge in [-0.1, -0.05) is 41.9 Å². The van der Waals surface area contributed by atoms with Crippen LogP contribution < -0.4 is 10.6 Å². The van der Waals surface area contributed by atoms with Gasteiger partial charge < -0.3 is 15.5 Å².